The third kappa shape index (κ3) is 5.86. The lowest BCUT2D eigenvalue weighted by atomic mass is 10.1. The molecule has 1 aromatic heterocycles. The molecule has 1 aromatic carbocycles. The van der Waals surface area contributed by atoms with Gasteiger partial charge in [0.25, 0.3) is 17.4 Å². The van der Waals surface area contributed by atoms with Gasteiger partial charge in [0.15, 0.2) is 6.61 Å². The van der Waals surface area contributed by atoms with E-state index in [2.05, 4.69) is 5.43 Å². The van der Waals surface area contributed by atoms with Gasteiger partial charge in [-0.15, -0.1) is 0 Å². The van der Waals surface area contributed by atoms with Gasteiger partial charge in [0, 0.05) is 12.3 Å². The molecular weight excluding hydrogens is 379 g/mol. The van der Waals surface area contributed by atoms with Crippen molar-refractivity contribution in [2.75, 3.05) is 6.61 Å². The van der Waals surface area contributed by atoms with Gasteiger partial charge in [0.1, 0.15) is 12.3 Å². The van der Waals surface area contributed by atoms with E-state index >= 15 is 0 Å². The van der Waals surface area contributed by atoms with Crippen LogP contribution in [-0.2, 0) is 22.3 Å². The van der Waals surface area contributed by atoms with E-state index in [0.29, 0.717) is 28.6 Å². The maximum absolute atomic E-state index is 12.7. The largest absolute Gasteiger partial charge is 0.484 e. The van der Waals surface area contributed by atoms with E-state index in [4.69, 9.17) is 4.74 Å². The van der Waals surface area contributed by atoms with E-state index in [1.165, 1.54) is 0 Å². The number of aromatic nitrogens is 1. The molecule has 0 aliphatic rings. The zero-order valence-electron chi connectivity index (χ0n) is 15.1. The summed E-state index contributed by atoms with van der Waals surface area (Å²) in [5.74, 6) is -1.08. The van der Waals surface area contributed by atoms with Gasteiger partial charge in [0.05, 0.1) is 5.56 Å². The van der Waals surface area contributed by atoms with Crippen LogP contribution in [0.1, 0.15) is 16.7 Å². The van der Waals surface area contributed by atoms with Gasteiger partial charge >= 0.3 is 6.18 Å². The zero-order chi connectivity index (χ0) is 20.9. The molecule has 2 aromatic rings. The summed E-state index contributed by atoms with van der Waals surface area (Å²) in [5, 5.41) is 0. The summed E-state index contributed by atoms with van der Waals surface area (Å²) < 4.78 is 43.9. The fourth-order valence-corrected chi connectivity index (χ4v) is 2.14. The number of hydrogen-bond acceptors (Lipinski definition) is 4. The molecule has 7 nitrogen and oxygen atoms in total. The number of nitrogens with zero attached hydrogens (tertiary/aromatic N) is 1. The Kier molecular flexibility index (Phi) is 6.45. The van der Waals surface area contributed by atoms with Crippen molar-refractivity contribution in [3.63, 3.8) is 0 Å². The Hall–Kier alpha value is -3.30. The average molecular weight is 397 g/mol. The summed E-state index contributed by atoms with van der Waals surface area (Å²) in [7, 11) is 0. The third-order valence-electron chi connectivity index (χ3n) is 3.81. The molecule has 0 spiro atoms. The van der Waals surface area contributed by atoms with Crippen LogP contribution < -0.4 is 21.1 Å². The number of hydrogen-bond donors (Lipinski definition) is 2. The van der Waals surface area contributed by atoms with Crippen molar-refractivity contribution >= 4 is 11.8 Å². The van der Waals surface area contributed by atoms with Gasteiger partial charge < -0.3 is 9.30 Å². The maximum Gasteiger partial charge on any atom is 0.417 e. The lowest BCUT2D eigenvalue weighted by molar-refractivity contribution is -0.138. The number of hydrazine groups is 1. The molecule has 2 amide bonds. The van der Waals surface area contributed by atoms with Crippen molar-refractivity contribution in [3.05, 3.63) is 63.6 Å². The van der Waals surface area contributed by atoms with Crippen molar-refractivity contribution in [1.29, 1.82) is 0 Å². The van der Waals surface area contributed by atoms with Crippen LogP contribution in [0, 0.1) is 13.8 Å². The number of rotatable bonds is 5. The van der Waals surface area contributed by atoms with Gasteiger partial charge in [-0.25, -0.2) is 0 Å². The van der Waals surface area contributed by atoms with Crippen LogP contribution in [0.5, 0.6) is 5.75 Å². The molecule has 0 atom stereocenters. The topological polar surface area (TPSA) is 89.4 Å². The Labute approximate surface area is 158 Å². The molecule has 28 heavy (non-hydrogen) atoms. The minimum atomic E-state index is -4.65. The SMILES string of the molecule is Cc1ccc(OCC(=O)NNC(=O)Cn2cc(C(F)(F)F)ccc2=O)cc1C. The van der Waals surface area contributed by atoms with Gasteiger partial charge in [-0.2, -0.15) is 13.2 Å². The molecule has 0 saturated carbocycles. The van der Waals surface area contributed by atoms with E-state index in [0.717, 1.165) is 11.1 Å². The van der Waals surface area contributed by atoms with Crippen LogP contribution in [0.25, 0.3) is 0 Å². The van der Waals surface area contributed by atoms with Crippen molar-refractivity contribution in [2.45, 2.75) is 26.6 Å². The highest BCUT2D eigenvalue weighted by Crippen LogP contribution is 2.27. The Morgan fingerprint density at radius 2 is 1.71 bits per heavy atom. The summed E-state index contributed by atoms with van der Waals surface area (Å²) in [6.45, 7) is 2.74. The molecule has 0 bridgehead atoms. The Morgan fingerprint density at radius 1 is 1.04 bits per heavy atom. The fourth-order valence-electron chi connectivity index (χ4n) is 2.14. The number of aryl methyl sites for hydroxylation is 2. The van der Waals surface area contributed by atoms with Crippen molar-refractivity contribution in [3.8, 4) is 5.75 Å². The molecule has 150 valence electrons. The molecule has 0 radical (unpaired) electrons. The number of benzene rings is 1. The summed E-state index contributed by atoms with van der Waals surface area (Å²) in [4.78, 5) is 35.1. The van der Waals surface area contributed by atoms with Gasteiger partial charge in [-0.3, -0.25) is 25.2 Å². The number of pyridine rings is 1. The number of halogens is 3. The highest BCUT2D eigenvalue weighted by Gasteiger charge is 2.31. The number of amides is 2. The standard InChI is InChI=1S/C18H18F3N3O4/c1-11-3-5-14(7-12(11)2)28-10-16(26)23-22-15(25)9-24-8-13(18(19,20)21)4-6-17(24)27/h3-8H,9-10H2,1-2H3,(H,22,25)(H,23,26). The summed E-state index contributed by atoms with van der Waals surface area (Å²) >= 11 is 0. The predicted octanol–water partition coefficient (Wildman–Crippen LogP) is 1.71. The summed E-state index contributed by atoms with van der Waals surface area (Å²) in [5.41, 5.74) is 4.27. The third-order valence-corrected chi connectivity index (χ3v) is 3.81. The molecule has 0 aliphatic heterocycles. The zero-order valence-corrected chi connectivity index (χ0v) is 15.1. The van der Waals surface area contributed by atoms with Crippen LogP contribution in [0.2, 0.25) is 0 Å². The van der Waals surface area contributed by atoms with Crippen molar-refractivity contribution in [1.82, 2.24) is 15.4 Å². The van der Waals surface area contributed by atoms with Crippen LogP contribution >= 0.6 is 0 Å². The molecule has 0 saturated heterocycles. The van der Waals surface area contributed by atoms with E-state index in [9.17, 15) is 27.6 Å². The van der Waals surface area contributed by atoms with E-state index in [1.54, 1.807) is 12.1 Å². The Balaban J connectivity index is 1.86. The molecule has 1 heterocycles. The Morgan fingerprint density at radius 3 is 2.36 bits per heavy atom. The first-order valence-corrected chi connectivity index (χ1v) is 8.11. The average Bonchev–Trinajstić information content (AvgIpc) is 2.62. The van der Waals surface area contributed by atoms with Crippen molar-refractivity contribution in [2.24, 2.45) is 0 Å². The first-order chi connectivity index (χ1) is 13.1. The van der Waals surface area contributed by atoms with Crippen LogP contribution in [0.3, 0.4) is 0 Å². The summed E-state index contributed by atoms with van der Waals surface area (Å²) in [6, 6.07) is 6.61. The highest BCUT2D eigenvalue weighted by molar-refractivity contribution is 5.82. The smallest absolute Gasteiger partial charge is 0.417 e. The van der Waals surface area contributed by atoms with E-state index in [-0.39, 0.29) is 6.61 Å². The quantitative estimate of drug-likeness (QED) is 0.752. The Bertz CT molecular complexity index is 938. The molecule has 2 rings (SSSR count). The second-order valence-corrected chi connectivity index (χ2v) is 6.01. The van der Waals surface area contributed by atoms with Crippen LogP contribution in [-0.4, -0.2) is 23.0 Å². The van der Waals surface area contributed by atoms with Crippen molar-refractivity contribution < 1.29 is 27.5 Å². The number of ether oxygens (including phenoxy) is 1. The monoisotopic (exact) mass is 397 g/mol. The minimum Gasteiger partial charge on any atom is -0.484 e. The second-order valence-electron chi connectivity index (χ2n) is 6.01. The van der Waals surface area contributed by atoms with Crippen LogP contribution in [0.4, 0.5) is 13.2 Å². The second kappa shape index (κ2) is 8.59. The molecule has 0 aliphatic carbocycles. The molecule has 0 unspecified atom stereocenters. The van der Waals surface area contributed by atoms with E-state index in [1.807, 2.05) is 25.3 Å². The highest BCUT2D eigenvalue weighted by atomic mass is 19.4. The minimum absolute atomic E-state index is 0.383. The van der Waals surface area contributed by atoms with Gasteiger partial charge in [0.2, 0.25) is 0 Å². The first-order valence-electron chi connectivity index (χ1n) is 8.11. The molecule has 10 heteroatoms. The first kappa shape index (κ1) is 21.0. The number of carbonyl (C=O) groups excluding carboxylic acids is 2. The molecular formula is C18H18F3N3O4. The van der Waals surface area contributed by atoms with Crippen LogP contribution in [0.15, 0.2) is 41.3 Å². The summed E-state index contributed by atoms with van der Waals surface area (Å²) in [6.07, 6.45) is -4.11. The fraction of sp³-hybridized carbons (Fsp3) is 0.278. The maximum atomic E-state index is 12.7. The lowest BCUT2D eigenvalue weighted by Crippen LogP contribution is -2.45. The number of alkyl halides is 3. The number of nitrogens with one attached hydrogen (secondary N) is 2. The predicted molar refractivity (Wildman–Crippen MR) is 93.4 cm³/mol. The number of carbonyl (C=O) groups is 2. The molecule has 2 N–H and O–H groups in total. The van der Waals surface area contributed by atoms with E-state index < -0.39 is 35.7 Å². The van der Waals surface area contributed by atoms with Gasteiger partial charge in [-0.05, 0) is 43.2 Å². The van der Waals surface area contributed by atoms with Gasteiger partial charge in [-0.1, -0.05) is 6.07 Å². The molecule has 0 fully saturated rings. The lowest BCUT2D eigenvalue weighted by Gasteiger charge is -2.12. The normalized spacial score (nSPS) is 11.0.